The van der Waals surface area contributed by atoms with Gasteiger partial charge in [-0.2, -0.15) is 0 Å². The summed E-state index contributed by atoms with van der Waals surface area (Å²) in [6, 6.07) is 9.89. The summed E-state index contributed by atoms with van der Waals surface area (Å²) in [6.07, 6.45) is 6.19. The first kappa shape index (κ1) is 16.8. The van der Waals surface area contributed by atoms with Gasteiger partial charge in [0.15, 0.2) is 0 Å². The Balaban J connectivity index is 1.40. The number of para-hydroxylation sites is 1. The zero-order chi connectivity index (χ0) is 16.8. The van der Waals surface area contributed by atoms with E-state index in [1.165, 1.54) is 19.3 Å². The third-order valence-corrected chi connectivity index (χ3v) is 4.96. The SMILES string of the molecule is O=C(NCCOc1ccccc1)[C@@H]1CC(=O)N(C2CCCCC2)C1. The van der Waals surface area contributed by atoms with E-state index in [-0.39, 0.29) is 17.7 Å². The molecule has 1 atom stereocenters. The highest BCUT2D eigenvalue weighted by Crippen LogP contribution is 2.28. The van der Waals surface area contributed by atoms with Gasteiger partial charge >= 0.3 is 0 Å². The lowest BCUT2D eigenvalue weighted by Gasteiger charge is -2.31. The van der Waals surface area contributed by atoms with E-state index >= 15 is 0 Å². The molecule has 1 aliphatic carbocycles. The molecule has 130 valence electrons. The predicted molar refractivity (Wildman–Crippen MR) is 91.6 cm³/mol. The molecule has 5 nitrogen and oxygen atoms in total. The quantitative estimate of drug-likeness (QED) is 0.815. The van der Waals surface area contributed by atoms with E-state index in [4.69, 9.17) is 4.74 Å². The molecular formula is C19H26N2O3. The summed E-state index contributed by atoms with van der Waals surface area (Å²) < 4.78 is 5.56. The van der Waals surface area contributed by atoms with Crippen LogP contribution in [0.15, 0.2) is 30.3 Å². The number of amides is 2. The average molecular weight is 330 g/mol. The number of ether oxygens (including phenoxy) is 1. The highest BCUT2D eigenvalue weighted by Gasteiger charge is 2.37. The molecule has 1 aromatic rings. The number of hydrogen-bond acceptors (Lipinski definition) is 3. The molecule has 1 aliphatic heterocycles. The largest absolute Gasteiger partial charge is 0.492 e. The maximum atomic E-state index is 12.3. The van der Waals surface area contributed by atoms with Crippen molar-refractivity contribution in [1.82, 2.24) is 10.2 Å². The van der Waals surface area contributed by atoms with Crippen LogP contribution in [0.2, 0.25) is 0 Å². The monoisotopic (exact) mass is 330 g/mol. The summed E-state index contributed by atoms with van der Waals surface area (Å²) >= 11 is 0. The van der Waals surface area contributed by atoms with Crippen LogP contribution in [0.3, 0.4) is 0 Å². The molecule has 0 aromatic heterocycles. The minimum Gasteiger partial charge on any atom is -0.492 e. The van der Waals surface area contributed by atoms with Crippen molar-refractivity contribution in [2.24, 2.45) is 5.92 Å². The Hall–Kier alpha value is -2.04. The second-order valence-electron chi connectivity index (χ2n) is 6.69. The van der Waals surface area contributed by atoms with Gasteiger partial charge in [-0.05, 0) is 25.0 Å². The van der Waals surface area contributed by atoms with E-state index < -0.39 is 0 Å². The second kappa shape index (κ2) is 8.18. The number of likely N-dealkylation sites (tertiary alicyclic amines) is 1. The van der Waals surface area contributed by atoms with Crippen molar-refractivity contribution in [1.29, 1.82) is 0 Å². The molecule has 24 heavy (non-hydrogen) atoms. The van der Waals surface area contributed by atoms with Crippen molar-refractivity contribution in [3.8, 4) is 5.75 Å². The van der Waals surface area contributed by atoms with Gasteiger partial charge in [0, 0.05) is 19.0 Å². The minimum absolute atomic E-state index is 0.0293. The molecule has 0 radical (unpaired) electrons. The summed E-state index contributed by atoms with van der Waals surface area (Å²) in [5.41, 5.74) is 0. The Labute approximate surface area is 143 Å². The second-order valence-corrected chi connectivity index (χ2v) is 6.69. The lowest BCUT2D eigenvalue weighted by molar-refractivity contribution is -0.130. The minimum atomic E-state index is -0.212. The molecule has 3 rings (SSSR count). The number of benzene rings is 1. The summed E-state index contributed by atoms with van der Waals surface area (Å²) in [5, 5.41) is 2.90. The molecule has 1 aromatic carbocycles. The number of carbonyl (C=O) groups is 2. The average Bonchev–Trinajstić information content (AvgIpc) is 3.02. The van der Waals surface area contributed by atoms with Crippen LogP contribution in [0.25, 0.3) is 0 Å². The Morgan fingerprint density at radius 2 is 1.92 bits per heavy atom. The first-order valence-corrected chi connectivity index (χ1v) is 8.99. The van der Waals surface area contributed by atoms with Crippen molar-refractivity contribution < 1.29 is 14.3 Å². The van der Waals surface area contributed by atoms with Gasteiger partial charge in [0.05, 0.1) is 12.5 Å². The summed E-state index contributed by atoms with van der Waals surface area (Å²) in [5.74, 6) is 0.698. The van der Waals surface area contributed by atoms with Gasteiger partial charge in [0.1, 0.15) is 12.4 Å². The molecule has 0 spiro atoms. The van der Waals surface area contributed by atoms with Crippen molar-refractivity contribution in [3.05, 3.63) is 30.3 Å². The van der Waals surface area contributed by atoms with Gasteiger partial charge in [-0.15, -0.1) is 0 Å². The highest BCUT2D eigenvalue weighted by molar-refractivity contribution is 5.89. The molecule has 1 heterocycles. The van der Waals surface area contributed by atoms with E-state index in [2.05, 4.69) is 5.32 Å². The zero-order valence-corrected chi connectivity index (χ0v) is 14.1. The molecule has 1 N–H and O–H groups in total. The Morgan fingerprint density at radius 1 is 1.17 bits per heavy atom. The van der Waals surface area contributed by atoms with Crippen molar-refractivity contribution in [2.75, 3.05) is 19.7 Å². The van der Waals surface area contributed by atoms with Crippen LogP contribution in [0.4, 0.5) is 0 Å². The van der Waals surface area contributed by atoms with Crippen LogP contribution in [0.5, 0.6) is 5.75 Å². The smallest absolute Gasteiger partial charge is 0.225 e. The number of rotatable bonds is 6. The van der Waals surface area contributed by atoms with Gasteiger partial charge in [-0.25, -0.2) is 0 Å². The van der Waals surface area contributed by atoms with Crippen molar-refractivity contribution in [2.45, 2.75) is 44.6 Å². The Bertz CT molecular complexity index is 555. The number of carbonyl (C=O) groups excluding carboxylic acids is 2. The molecule has 2 aliphatic rings. The third-order valence-electron chi connectivity index (χ3n) is 4.96. The third kappa shape index (κ3) is 4.28. The van der Waals surface area contributed by atoms with E-state index in [0.29, 0.717) is 32.2 Å². The van der Waals surface area contributed by atoms with E-state index in [1.54, 1.807) is 0 Å². The van der Waals surface area contributed by atoms with Crippen molar-refractivity contribution >= 4 is 11.8 Å². The molecule has 0 unspecified atom stereocenters. The van der Waals surface area contributed by atoms with Crippen LogP contribution in [-0.2, 0) is 9.59 Å². The van der Waals surface area contributed by atoms with E-state index in [9.17, 15) is 9.59 Å². The molecular weight excluding hydrogens is 304 g/mol. The van der Waals surface area contributed by atoms with Crippen LogP contribution >= 0.6 is 0 Å². The first-order chi connectivity index (χ1) is 11.7. The molecule has 1 saturated carbocycles. The fourth-order valence-corrected chi connectivity index (χ4v) is 3.66. The molecule has 0 bridgehead atoms. The molecule has 5 heteroatoms. The fraction of sp³-hybridized carbons (Fsp3) is 0.579. The molecule has 2 fully saturated rings. The van der Waals surface area contributed by atoms with Gasteiger partial charge in [-0.3, -0.25) is 9.59 Å². The summed E-state index contributed by atoms with van der Waals surface area (Å²) in [4.78, 5) is 26.5. The normalized spacial score (nSPS) is 21.8. The van der Waals surface area contributed by atoms with Gasteiger partial charge in [0.25, 0.3) is 0 Å². The van der Waals surface area contributed by atoms with Crippen LogP contribution in [0.1, 0.15) is 38.5 Å². The lowest BCUT2D eigenvalue weighted by atomic mass is 9.94. The van der Waals surface area contributed by atoms with E-state index in [0.717, 1.165) is 18.6 Å². The lowest BCUT2D eigenvalue weighted by Crippen LogP contribution is -2.39. The standard InChI is InChI=1S/C19H26N2O3/c22-18-13-15(14-21(18)16-7-3-1-4-8-16)19(23)20-11-12-24-17-9-5-2-6-10-17/h2,5-6,9-10,15-16H,1,3-4,7-8,11-14H2,(H,20,23)/t15-/m1/s1. The summed E-state index contributed by atoms with van der Waals surface area (Å²) in [6.45, 7) is 1.47. The van der Waals surface area contributed by atoms with Gasteiger partial charge < -0.3 is 15.0 Å². The number of hydrogen-bond donors (Lipinski definition) is 1. The van der Waals surface area contributed by atoms with Crippen LogP contribution in [0, 0.1) is 5.92 Å². The molecule has 2 amide bonds. The Morgan fingerprint density at radius 3 is 2.67 bits per heavy atom. The first-order valence-electron chi connectivity index (χ1n) is 8.99. The Kier molecular flexibility index (Phi) is 5.72. The van der Waals surface area contributed by atoms with E-state index in [1.807, 2.05) is 35.2 Å². The topological polar surface area (TPSA) is 58.6 Å². The van der Waals surface area contributed by atoms with Crippen LogP contribution < -0.4 is 10.1 Å². The summed E-state index contributed by atoms with van der Waals surface area (Å²) in [7, 11) is 0. The van der Waals surface area contributed by atoms with Crippen molar-refractivity contribution in [3.63, 3.8) is 0 Å². The number of nitrogens with one attached hydrogen (secondary N) is 1. The predicted octanol–water partition coefficient (Wildman–Crippen LogP) is 2.36. The highest BCUT2D eigenvalue weighted by atomic mass is 16.5. The van der Waals surface area contributed by atoms with Gasteiger partial charge in [0.2, 0.25) is 11.8 Å². The van der Waals surface area contributed by atoms with Crippen LogP contribution in [-0.4, -0.2) is 42.5 Å². The zero-order valence-electron chi connectivity index (χ0n) is 14.1. The maximum Gasteiger partial charge on any atom is 0.225 e. The van der Waals surface area contributed by atoms with Gasteiger partial charge in [-0.1, -0.05) is 37.5 Å². The molecule has 1 saturated heterocycles. The maximum absolute atomic E-state index is 12.3. The fourth-order valence-electron chi connectivity index (χ4n) is 3.66. The number of nitrogens with zero attached hydrogens (tertiary/aromatic N) is 1.